The summed E-state index contributed by atoms with van der Waals surface area (Å²) in [7, 11) is 0. The van der Waals surface area contributed by atoms with Crippen LogP contribution in [0.25, 0.3) is 0 Å². The summed E-state index contributed by atoms with van der Waals surface area (Å²) >= 11 is 3.75. The minimum absolute atomic E-state index is 0.0580. The third-order valence-corrected chi connectivity index (χ3v) is 6.27. The molecule has 9 nitrogen and oxygen atoms in total. The van der Waals surface area contributed by atoms with Gasteiger partial charge in [0.05, 0.1) is 19.4 Å². The predicted octanol–water partition coefficient (Wildman–Crippen LogP) is 1.14. The van der Waals surface area contributed by atoms with Gasteiger partial charge in [0.1, 0.15) is 9.88 Å². The molecule has 3 rings (SSSR count). The molecule has 134 valence electrons. The fourth-order valence-electron chi connectivity index (χ4n) is 1.99. The zero-order chi connectivity index (χ0) is 17.6. The quantitative estimate of drug-likeness (QED) is 0.704. The molecular formula is C13H15N5O4S3. The third kappa shape index (κ3) is 5.44. The van der Waals surface area contributed by atoms with E-state index in [0.717, 1.165) is 16.3 Å². The number of hydrogen-bond donors (Lipinski definition) is 2. The second-order valence-electron chi connectivity index (χ2n) is 4.99. The number of carbonyl (C=O) groups is 2. The van der Waals surface area contributed by atoms with Crippen LogP contribution in [0.2, 0.25) is 0 Å². The van der Waals surface area contributed by atoms with E-state index < -0.39 is 5.97 Å². The Morgan fingerprint density at radius 1 is 1.28 bits per heavy atom. The number of carboxylic acids is 1. The predicted molar refractivity (Wildman–Crippen MR) is 92.0 cm³/mol. The average molecular weight is 401 g/mol. The number of amides is 1. The van der Waals surface area contributed by atoms with Crippen LogP contribution in [0.15, 0.2) is 14.9 Å². The summed E-state index contributed by atoms with van der Waals surface area (Å²) in [5, 5.41) is 19.6. The molecule has 2 aromatic rings. The Morgan fingerprint density at radius 2 is 2.08 bits per heavy atom. The van der Waals surface area contributed by atoms with Crippen LogP contribution in [0.1, 0.15) is 21.1 Å². The summed E-state index contributed by atoms with van der Waals surface area (Å²) in [5.41, 5.74) is 2.85. The van der Waals surface area contributed by atoms with Gasteiger partial charge < -0.3 is 9.84 Å². The maximum Gasteiger partial charge on any atom is 0.347 e. The van der Waals surface area contributed by atoms with Crippen molar-refractivity contribution in [1.82, 2.24) is 25.6 Å². The topological polar surface area (TPSA) is 118 Å². The number of aryl methyl sites for hydroxylation is 1. The normalized spacial score (nSPS) is 15.2. The molecule has 1 aliphatic rings. The number of aromatic carboxylic acids is 1. The fraction of sp³-hybridized carbons (Fsp3) is 0.462. The number of carbonyl (C=O) groups excluding carboxylic acids is 1. The van der Waals surface area contributed by atoms with E-state index in [4.69, 9.17) is 9.84 Å². The number of carboxylic acid groups (broad SMARTS) is 1. The van der Waals surface area contributed by atoms with Crippen LogP contribution in [0.4, 0.5) is 0 Å². The molecular weight excluding hydrogens is 386 g/mol. The molecule has 0 aliphatic carbocycles. The average Bonchev–Trinajstić information content (AvgIpc) is 3.24. The molecule has 3 heterocycles. The van der Waals surface area contributed by atoms with Gasteiger partial charge in [0.15, 0.2) is 8.68 Å². The molecule has 0 saturated carbocycles. The van der Waals surface area contributed by atoms with E-state index in [1.807, 2.05) is 5.01 Å². The first kappa shape index (κ1) is 18.2. The second-order valence-corrected chi connectivity index (χ2v) is 8.58. The van der Waals surface area contributed by atoms with Crippen LogP contribution >= 0.6 is 34.4 Å². The van der Waals surface area contributed by atoms with Crippen LogP contribution < -0.4 is 5.43 Å². The Kier molecular flexibility index (Phi) is 6.31. The van der Waals surface area contributed by atoms with Crippen molar-refractivity contribution < 1.29 is 19.4 Å². The number of hydrogen-bond acceptors (Lipinski definition) is 10. The smallest absolute Gasteiger partial charge is 0.347 e. The number of ether oxygens (including phenoxy) is 1. The van der Waals surface area contributed by atoms with Crippen molar-refractivity contribution in [2.75, 3.05) is 26.3 Å². The van der Waals surface area contributed by atoms with Gasteiger partial charge in [-0.3, -0.25) is 10.2 Å². The largest absolute Gasteiger partial charge is 0.477 e. The van der Waals surface area contributed by atoms with Crippen molar-refractivity contribution in [3.8, 4) is 0 Å². The SMILES string of the molecule is O=C(CCc1nnc(Sc2ncc(C(=O)O)s2)s1)NN1CCOCC1. The minimum Gasteiger partial charge on any atom is -0.477 e. The number of aromatic nitrogens is 3. The lowest BCUT2D eigenvalue weighted by atomic mass is 10.3. The number of thiazole rings is 1. The standard InChI is InChI=1S/C13H15N5O4S3/c19-9(17-18-3-5-22-6-4-18)1-2-10-15-16-13(24-10)25-12-14-7-8(23-12)11(20)21/h7H,1-6H2,(H,17,19)(H,20,21). The highest BCUT2D eigenvalue weighted by molar-refractivity contribution is 8.02. The van der Waals surface area contributed by atoms with Crippen LogP contribution in [0, 0.1) is 0 Å². The lowest BCUT2D eigenvalue weighted by Crippen LogP contribution is -2.48. The van der Waals surface area contributed by atoms with E-state index in [1.54, 1.807) is 0 Å². The monoisotopic (exact) mass is 401 g/mol. The van der Waals surface area contributed by atoms with Crippen LogP contribution in [0.3, 0.4) is 0 Å². The van der Waals surface area contributed by atoms with Gasteiger partial charge in [-0.15, -0.1) is 21.5 Å². The van der Waals surface area contributed by atoms with Gasteiger partial charge in [0.2, 0.25) is 5.91 Å². The lowest BCUT2D eigenvalue weighted by molar-refractivity contribution is -0.127. The van der Waals surface area contributed by atoms with E-state index in [0.29, 0.717) is 47.8 Å². The molecule has 0 unspecified atom stereocenters. The maximum atomic E-state index is 11.9. The van der Waals surface area contributed by atoms with Gasteiger partial charge in [-0.05, 0) is 11.8 Å². The number of rotatable bonds is 7. The van der Waals surface area contributed by atoms with Gasteiger partial charge in [-0.25, -0.2) is 14.8 Å². The highest BCUT2D eigenvalue weighted by Crippen LogP contribution is 2.33. The molecule has 1 amide bonds. The molecule has 2 N–H and O–H groups in total. The van der Waals surface area contributed by atoms with E-state index in [2.05, 4.69) is 20.6 Å². The molecule has 25 heavy (non-hydrogen) atoms. The van der Waals surface area contributed by atoms with Crippen LogP contribution in [0.5, 0.6) is 0 Å². The summed E-state index contributed by atoms with van der Waals surface area (Å²) in [5.74, 6) is -1.05. The summed E-state index contributed by atoms with van der Waals surface area (Å²) in [6.45, 7) is 2.63. The molecule has 12 heteroatoms. The van der Waals surface area contributed by atoms with Gasteiger partial charge >= 0.3 is 5.97 Å². The zero-order valence-corrected chi connectivity index (χ0v) is 15.5. The third-order valence-electron chi connectivity index (χ3n) is 3.18. The molecule has 0 atom stereocenters. The Bertz CT molecular complexity index is 744. The first-order valence-electron chi connectivity index (χ1n) is 7.41. The number of hydrazine groups is 1. The van der Waals surface area contributed by atoms with E-state index >= 15 is 0 Å². The molecule has 1 fully saturated rings. The van der Waals surface area contributed by atoms with Crippen molar-refractivity contribution in [3.05, 3.63) is 16.1 Å². The van der Waals surface area contributed by atoms with Crippen molar-refractivity contribution in [3.63, 3.8) is 0 Å². The molecule has 0 bridgehead atoms. The first-order chi connectivity index (χ1) is 12.1. The van der Waals surface area contributed by atoms with Crippen molar-refractivity contribution in [1.29, 1.82) is 0 Å². The maximum absolute atomic E-state index is 11.9. The Balaban J connectivity index is 1.46. The molecule has 1 aliphatic heterocycles. The Morgan fingerprint density at radius 3 is 2.80 bits per heavy atom. The summed E-state index contributed by atoms with van der Waals surface area (Å²) in [6.07, 6.45) is 2.16. The van der Waals surface area contributed by atoms with Gasteiger partial charge in [0.25, 0.3) is 0 Å². The van der Waals surface area contributed by atoms with Crippen LogP contribution in [-0.4, -0.2) is 63.5 Å². The number of nitrogens with one attached hydrogen (secondary N) is 1. The molecule has 0 aromatic carbocycles. The van der Waals surface area contributed by atoms with E-state index in [9.17, 15) is 9.59 Å². The van der Waals surface area contributed by atoms with Gasteiger partial charge in [-0.2, -0.15) is 0 Å². The summed E-state index contributed by atoms with van der Waals surface area (Å²) in [6, 6.07) is 0. The molecule has 0 spiro atoms. The number of morpholine rings is 1. The fourth-order valence-corrected chi connectivity index (χ4v) is 4.90. The minimum atomic E-state index is -0.992. The molecule has 2 aromatic heterocycles. The molecule has 0 radical (unpaired) electrons. The van der Waals surface area contributed by atoms with Gasteiger partial charge in [-0.1, -0.05) is 11.3 Å². The lowest BCUT2D eigenvalue weighted by Gasteiger charge is -2.26. The summed E-state index contributed by atoms with van der Waals surface area (Å²) < 4.78 is 6.51. The second kappa shape index (κ2) is 8.67. The van der Waals surface area contributed by atoms with Crippen molar-refractivity contribution >= 4 is 46.3 Å². The van der Waals surface area contributed by atoms with Crippen LogP contribution in [-0.2, 0) is 16.0 Å². The van der Waals surface area contributed by atoms with Gasteiger partial charge in [0, 0.05) is 25.9 Å². The van der Waals surface area contributed by atoms with Crippen molar-refractivity contribution in [2.45, 2.75) is 21.5 Å². The Hall–Kier alpha value is -1.60. The van der Waals surface area contributed by atoms with E-state index in [-0.39, 0.29) is 10.8 Å². The zero-order valence-electron chi connectivity index (χ0n) is 13.0. The highest BCUT2D eigenvalue weighted by Gasteiger charge is 2.15. The van der Waals surface area contributed by atoms with Crippen molar-refractivity contribution in [2.24, 2.45) is 0 Å². The Labute approximate surface area is 155 Å². The first-order valence-corrected chi connectivity index (χ1v) is 9.86. The highest BCUT2D eigenvalue weighted by atomic mass is 32.2. The number of nitrogens with zero attached hydrogens (tertiary/aromatic N) is 4. The van der Waals surface area contributed by atoms with E-state index in [1.165, 1.54) is 29.3 Å². The molecule has 1 saturated heterocycles. The summed E-state index contributed by atoms with van der Waals surface area (Å²) in [4.78, 5) is 27.0.